The summed E-state index contributed by atoms with van der Waals surface area (Å²) in [6.07, 6.45) is 0.877. The summed E-state index contributed by atoms with van der Waals surface area (Å²) >= 11 is 0. The minimum atomic E-state index is -0.910. The number of carbonyl (C=O) groups is 2. The van der Waals surface area contributed by atoms with Crippen molar-refractivity contribution in [3.05, 3.63) is 114 Å². The van der Waals surface area contributed by atoms with E-state index in [1.165, 1.54) is 0 Å². The first-order valence-electron chi connectivity index (χ1n) is 12.0. The van der Waals surface area contributed by atoms with Crippen molar-refractivity contribution in [1.29, 1.82) is 0 Å². The third kappa shape index (κ3) is 5.46. The Morgan fingerprint density at radius 3 is 2.57 bits per heavy atom. The standard InChI is InChI=1S/C30H26N2O5/c1-20-29(22-9-3-2-4-10-22)37-30(35)32(20)19-24-18-23(26-12-5-6-15-31-26)13-14-27(24)36-25-11-7-8-21(16-25)17-28(33)34/h2-16,18,20,29H,17,19H2,1H3,(H,33,34)/t20-,29-/m0/s1. The number of benzene rings is 3. The Labute approximate surface area is 214 Å². The van der Waals surface area contributed by atoms with Gasteiger partial charge in [-0.3, -0.25) is 14.7 Å². The van der Waals surface area contributed by atoms with Gasteiger partial charge in [-0.1, -0.05) is 48.5 Å². The summed E-state index contributed by atoms with van der Waals surface area (Å²) in [5.41, 5.74) is 4.06. The highest BCUT2D eigenvalue weighted by Gasteiger charge is 2.39. The van der Waals surface area contributed by atoms with Crippen molar-refractivity contribution in [2.24, 2.45) is 0 Å². The highest BCUT2D eigenvalue weighted by Crippen LogP contribution is 2.36. The van der Waals surface area contributed by atoms with Crippen LogP contribution in [-0.2, 0) is 22.5 Å². The molecular formula is C30H26N2O5. The number of carboxylic acid groups (broad SMARTS) is 1. The number of amides is 1. The largest absolute Gasteiger partial charge is 0.481 e. The molecule has 2 atom stereocenters. The molecule has 1 saturated heterocycles. The molecule has 0 unspecified atom stereocenters. The Balaban J connectivity index is 1.47. The average Bonchev–Trinajstić information content (AvgIpc) is 3.19. The van der Waals surface area contributed by atoms with Crippen LogP contribution < -0.4 is 4.74 Å². The Hall–Kier alpha value is -4.65. The molecule has 1 amide bonds. The van der Waals surface area contributed by atoms with Gasteiger partial charge in [0.1, 0.15) is 17.6 Å². The topological polar surface area (TPSA) is 89.0 Å². The van der Waals surface area contributed by atoms with E-state index in [0.29, 0.717) is 17.1 Å². The van der Waals surface area contributed by atoms with E-state index in [0.717, 1.165) is 22.4 Å². The van der Waals surface area contributed by atoms with Gasteiger partial charge in [-0.2, -0.15) is 0 Å². The van der Waals surface area contributed by atoms with Crippen LogP contribution in [-0.4, -0.2) is 33.1 Å². The van der Waals surface area contributed by atoms with E-state index in [1.807, 2.05) is 73.7 Å². The van der Waals surface area contributed by atoms with Crippen molar-refractivity contribution >= 4 is 12.1 Å². The van der Waals surface area contributed by atoms with Crippen LogP contribution in [0, 0.1) is 0 Å². The van der Waals surface area contributed by atoms with Crippen LogP contribution in [0.25, 0.3) is 11.3 Å². The highest BCUT2D eigenvalue weighted by atomic mass is 16.6. The van der Waals surface area contributed by atoms with Gasteiger partial charge >= 0.3 is 12.1 Å². The number of cyclic esters (lactones) is 1. The van der Waals surface area contributed by atoms with Gasteiger partial charge in [0.05, 0.1) is 24.7 Å². The molecule has 186 valence electrons. The lowest BCUT2D eigenvalue weighted by Gasteiger charge is -2.23. The fourth-order valence-corrected chi connectivity index (χ4v) is 4.50. The van der Waals surface area contributed by atoms with Gasteiger partial charge in [-0.05, 0) is 60.5 Å². The second-order valence-electron chi connectivity index (χ2n) is 8.94. The maximum atomic E-state index is 12.9. The highest BCUT2D eigenvalue weighted by molar-refractivity contribution is 5.72. The van der Waals surface area contributed by atoms with E-state index in [9.17, 15) is 9.59 Å². The van der Waals surface area contributed by atoms with E-state index in [-0.39, 0.29) is 31.2 Å². The van der Waals surface area contributed by atoms with E-state index in [2.05, 4.69) is 4.98 Å². The van der Waals surface area contributed by atoms with Gasteiger partial charge < -0.3 is 14.6 Å². The summed E-state index contributed by atoms with van der Waals surface area (Å²) in [5.74, 6) is 0.173. The Morgan fingerprint density at radius 1 is 1.00 bits per heavy atom. The van der Waals surface area contributed by atoms with Gasteiger partial charge in [0, 0.05) is 17.3 Å². The molecule has 7 heteroatoms. The zero-order valence-corrected chi connectivity index (χ0v) is 20.3. The molecular weight excluding hydrogens is 468 g/mol. The van der Waals surface area contributed by atoms with E-state index < -0.39 is 5.97 Å². The number of aliphatic carboxylic acids is 1. The summed E-state index contributed by atoms with van der Waals surface area (Å²) in [6.45, 7) is 2.25. The van der Waals surface area contributed by atoms with Gasteiger partial charge in [0.25, 0.3) is 0 Å². The van der Waals surface area contributed by atoms with Crippen molar-refractivity contribution in [3.63, 3.8) is 0 Å². The molecule has 1 fully saturated rings. The number of nitrogens with zero attached hydrogens (tertiary/aromatic N) is 2. The van der Waals surface area contributed by atoms with Crippen LogP contribution in [0.1, 0.15) is 29.7 Å². The lowest BCUT2D eigenvalue weighted by Crippen LogP contribution is -2.31. The van der Waals surface area contributed by atoms with Crippen LogP contribution >= 0.6 is 0 Å². The Kier molecular flexibility index (Phi) is 6.85. The van der Waals surface area contributed by atoms with Gasteiger partial charge in [-0.25, -0.2) is 4.79 Å². The first-order chi connectivity index (χ1) is 18.0. The number of carbonyl (C=O) groups excluding carboxylic acids is 1. The molecule has 0 spiro atoms. The third-order valence-corrected chi connectivity index (χ3v) is 6.36. The minimum Gasteiger partial charge on any atom is -0.481 e. The van der Waals surface area contributed by atoms with Crippen molar-refractivity contribution in [1.82, 2.24) is 9.88 Å². The molecule has 4 aromatic rings. The molecule has 1 N–H and O–H groups in total. The molecule has 1 aliphatic heterocycles. The second kappa shape index (κ2) is 10.5. The number of rotatable bonds is 8. The number of carboxylic acids is 1. The molecule has 0 saturated carbocycles. The zero-order valence-electron chi connectivity index (χ0n) is 20.3. The summed E-state index contributed by atoms with van der Waals surface area (Å²) in [7, 11) is 0. The number of hydrogen-bond acceptors (Lipinski definition) is 5. The molecule has 0 aliphatic carbocycles. The fraction of sp³-hybridized carbons (Fsp3) is 0.167. The number of ether oxygens (including phenoxy) is 2. The Morgan fingerprint density at radius 2 is 1.81 bits per heavy atom. The molecule has 5 rings (SSSR count). The van der Waals surface area contributed by atoms with E-state index >= 15 is 0 Å². The van der Waals surface area contributed by atoms with E-state index in [4.69, 9.17) is 14.6 Å². The third-order valence-electron chi connectivity index (χ3n) is 6.36. The molecule has 3 aromatic carbocycles. The maximum absolute atomic E-state index is 12.9. The van der Waals surface area contributed by atoms with Crippen LogP contribution in [0.5, 0.6) is 11.5 Å². The molecule has 1 aromatic heterocycles. The van der Waals surface area contributed by atoms with Crippen molar-refractivity contribution in [2.75, 3.05) is 0 Å². The normalized spacial score (nSPS) is 16.9. The molecule has 0 radical (unpaired) electrons. The molecule has 1 aliphatic rings. The van der Waals surface area contributed by atoms with Crippen LogP contribution in [0.4, 0.5) is 4.79 Å². The predicted octanol–water partition coefficient (Wildman–Crippen LogP) is 6.25. The molecule has 37 heavy (non-hydrogen) atoms. The maximum Gasteiger partial charge on any atom is 0.411 e. The van der Waals surface area contributed by atoms with Crippen molar-refractivity contribution in [2.45, 2.75) is 32.0 Å². The average molecular weight is 495 g/mol. The number of pyridine rings is 1. The quantitative estimate of drug-likeness (QED) is 0.311. The Bertz CT molecular complexity index is 1410. The van der Waals surface area contributed by atoms with Crippen molar-refractivity contribution < 1.29 is 24.2 Å². The smallest absolute Gasteiger partial charge is 0.411 e. The van der Waals surface area contributed by atoms with Crippen molar-refractivity contribution in [3.8, 4) is 22.8 Å². The summed E-state index contributed by atoms with van der Waals surface area (Å²) in [4.78, 5) is 30.2. The zero-order chi connectivity index (χ0) is 25.8. The summed E-state index contributed by atoms with van der Waals surface area (Å²) < 4.78 is 12.0. The van der Waals surface area contributed by atoms with Crippen LogP contribution in [0.3, 0.4) is 0 Å². The summed E-state index contributed by atoms with van der Waals surface area (Å²) in [5, 5.41) is 9.15. The lowest BCUT2D eigenvalue weighted by molar-refractivity contribution is -0.136. The van der Waals surface area contributed by atoms with Gasteiger partial charge in [0.15, 0.2) is 0 Å². The SMILES string of the molecule is C[C@H]1[C@@H](c2ccccc2)OC(=O)N1Cc1cc(-c2ccccn2)ccc1Oc1cccc(CC(=O)O)c1. The first-order valence-corrected chi connectivity index (χ1v) is 12.0. The fourth-order valence-electron chi connectivity index (χ4n) is 4.50. The predicted molar refractivity (Wildman–Crippen MR) is 138 cm³/mol. The molecule has 0 bridgehead atoms. The molecule has 7 nitrogen and oxygen atoms in total. The van der Waals surface area contributed by atoms with Gasteiger partial charge in [-0.15, -0.1) is 0 Å². The monoisotopic (exact) mass is 494 g/mol. The second-order valence-corrected chi connectivity index (χ2v) is 8.94. The van der Waals surface area contributed by atoms with Crippen LogP contribution in [0.2, 0.25) is 0 Å². The molecule has 2 heterocycles. The van der Waals surface area contributed by atoms with Crippen LogP contribution in [0.15, 0.2) is 97.2 Å². The summed E-state index contributed by atoms with van der Waals surface area (Å²) in [6, 6.07) is 27.9. The lowest BCUT2D eigenvalue weighted by atomic mass is 10.0. The minimum absolute atomic E-state index is 0.0965. The van der Waals surface area contributed by atoms with E-state index in [1.54, 1.807) is 35.4 Å². The number of aromatic nitrogens is 1. The number of hydrogen-bond donors (Lipinski definition) is 1. The van der Waals surface area contributed by atoms with Gasteiger partial charge in [0.2, 0.25) is 0 Å². The first kappa shape index (κ1) is 24.1.